The summed E-state index contributed by atoms with van der Waals surface area (Å²) in [5.41, 5.74) is 2.14. The van der Waals surface area contributed by atoms with Gasteiger partial charge in [0.2, 0.25) is 5.71 Å². The van der Waals surface area contributed by atoms with Crippen molar-refractivity contribution in [3.8, 4) is 11.5 Å². The molecule has 0 aliphatic carbocycles. The standard InChI is InChI=1S/C20H21N5O4/c1-11-13(3)29-20-17(11)19-23-18(24-25(19)10-21-20)12(2)22-16(26)9-28-15-8-6-5-7-14(15)27-4/h5-8,10,12H,9H2,1-4H3,(H,22,26). The lowest BCUT2D eigenvalue weighted by atomic mass is 10.2. The molecule has 1 atom stereocenters. The molecule has 4 rings (SSSR count). The van der Waals surface area contributed by atoms with Gasteiger partial charge in [-0.3, -0.25) is 4.79 Å². The van der Waals surface area contributed by atoms with Gasteiger partial charge < -0.3 is 19.2 Å². The average Bonchev–Trinajstić information content (AvgIpc) is 3.27. The molecule has 1 unspecified atom stereocenters. The van der Waals surface area contributed by atoms with Crippen molar-refractivity contribution in [2.24, 2.45) is 0 Å². The summed E-state index contributed by atoms with van der Waals surface area (Å²) in [7, 11) is 1.55. The minimum absolute atomic E-state index is 0.149. The van der Waals surface area contributed by atoms with Crippen molar-refractivity contribution in [2.75, 3.05) is 13.7 Å². The lowest BCUT2D eigenvalue weighted by Gasteiger charge is -2.12. The van der Waals surface area contributed by atoms with Crippen molar-refractivity contribution >= 4 is 22.7 Å². The van der Waals surface area contributed by atoms with Crippen LogP contribution in [0.3, 0.4) is 0 Å². The summed E-state index contributed by atoms with van der Waals surface area (Å²) in [5, 5.41) is 8.10. The van der Waals surface area contributed by atoms with Crippen molar-refractivity contribution in [1.29, 1.82) is 0 Å². The first-order valence-corrected chi connectivity index (χ1v) is 9.14. The number of benzene rings is 1. The van der Waals surface area contributed by atoms with Crippen LogP contribution in [-0.4, -0.2) is 39.2 Å². The Bertz CT molecular complexity index is 1200. The van der Waals surface area contributed by atoms with Gasteiger partial charge in [0.25, 0.3) is 5.91 Å². The molecule has 0 bridgehead atoms. The number of para-hydroxylation sites is 2. The molecule has 29 heavy (non-hydrogen) atoms. The van der Waals surface area contributed by atoms with E-state index in [0.29, 0.717) is 28.7 Å². The number of nitrogens with zero attached hydrogens (tertiary/aromatic N) is 4. The summed E-state index contributed by atoms with van der Waals surface area (Å²) >= 11 is 0. The molecule has 9 heteroatoms. The van der Waals surface area contributed by atoms with E-state index in [4.69, 9.17) is 13.9 Å². The van der Waals surface area contributed by atoms with Crippen LogP contribution in [0, 0.1) is 13.8 Å². The number of rotatable bonds is 6. The van der Waals surface area contributed by atoms with Gasteiger partial charge in [0.05, 0.1) is 18.5 Å². The highest BCUT2D eigenvalue weighted by Gasteiger charge is 2.19. The third-order valence-electron chi connectivity index (χ3n) is 4.71. The number of aryl methyl sites for hydroxylation is 2. The van der Waals surface area contributed by atoms with Gasteiger partial charge in [-0.25, -0.2) is 14.5 Å². The van der Waals surface area contributed by atoms with Crippen molar-refractivity contribution in [2.45, 2.75) is 26.8 Å². The number of nitrogens with one attached hydrogen (secondary N) is 1. The molecule has 0 spiro atoms. The van der Waals surface area contributed by atoms with Crippen molar-refractivity contribution < 1.29 is 18.7 Å². The van der Waals surface area contributed by atoms with Gasteiger partial charge >= 0.3 is 0 Å². The fourth-order valence-corrected chi connectivity index (χ4v) is 3.07. The van der Waals surface area contributed by atoms with E-state index in [1.807, 2.05) is 32.9 Å². The van der Waals surface area contributed by atoms with E-state index in [2.05, 4.69) is 20.4 Å². The van der Waals surface area contributed by atoms with E-state index >= 15 is 0 Å². The Morgan fingerprint density at radius 1 is 1.28 bits per heavy atom. The molecular weight excluding hydrogens is 374 g/mol. The van der Waals surface area contributed by atoms with Crippen LogP contribution in [0.4, 0.5) is 0 Å². The van der Waals surface area contributed by atoms with Gasteiger partial charge in [-0.15, -0.1) is 5.10 Å². The second kappa shape index (κ2) is 7.42. The molecule has 9 nitrogen and oxygen atoms in total. The number of methoxy groups -OCH3 is 1. The Balaban J connectivity index is 1.49. The Morgan fingerprint density at radius 3 is 2.79 bits per heavy atom. The summed E-state index contributed by atoms with van der Waals surface area (Å²) in [4.78, 5) is 21.2. The van der Waals surface area contributed by atoms with Crippen LogP contribution in [0.15, 0.2) is 35.0 Å². The fourth-order valence-electron chi connectivity index (χ4n) is 3.07. The van der Waals surface area contributed by atoms with E-state index in [0.717, 1.165) is 16.7 Å². The lowest BCUT2D eigenvalue weighted by Crippen LogP contribution is -2.31. The maximum absolute atomic E-state index is 12.3. The summed E-state index contributed by atoms with van der Waals surface area (Å²) in [6.07, 6.45) is 1.55. The molecule has 0 aliphatic heterocycles. The number of fused-ring (bicyclic) bond motifs is 3. The smallest absolute Gasteiger partial charge is 0.258 e. The first kappa shape index (κ1) is 18.7. The Kier molecular flexibility index (Phi) is 4.79. The summed E-state index contributed by atoms with van der Waals surface area (Å²) in [6, 6.07) is 6.75. The van der Waals surface area contributed by atoms with E-state index in [1.54, 1.807) is 30.1 Å². The van der Waals surface area contributed by atoms with Crippen LogP contribution in [0.25, 0.3) is 16.7 Å². The quantitative estimate of drug-likeness (QED) is 0.535. The van der Waals surface area contributed by atoms with Crippen LogP contribution >= 0.6 is 0 Å². The molecule has 1 aromatic carbocycles. The van der Waals surface area contributed by atoms with Gasteiger partial charge in [-0.2, -0.15) is 0 Å². The Morgan fingerprint density at radius 2 is 2.03 bits per heavy atom. The summed E-state index contributed by atoms with van der Waals surface area (Å²) in [5.74, 6) is 2.05. The highest BCUT2D eigenvalue weighted by Crippen LogP contribution is 2.27. The van der Waals surface area contributed by atoms with E-state index in [9.17, 15) is 4.79 Å². The summed E-state index contributed by atoms with van der Waals surface area (Å²) < 4.78 is 18.0. The van der Waals surface area contributed by atoms with Gasteiger partial charge in [0.1, 0.15) is 12.1 Å². The van der Waals surface area contributed by atoms with Gasteiger partial charge in [0.15, 0.2) is 29.6 Å². The minimum atomic E-state index is -0.410. The van der Waals surface area contributed by atoms with Crippen LogP contribution in [0.5, 0.6) is 11.5 Å². The topological polar surface area (TPSA) is 104 Å². The van der Waals surface area contributed by atoms with Crippen LogP contribution in [0.1, 0.15) is 30.1 Å². The maximum Gasteiger partial charge on any atom is 0.258 e. The number of hydrogen-bond donors (Lipinski definition) is 1. The first-order chi connectivity index (χ1) is 14.0. The highest BCUT2D eigenvalue weighted by molar-refractivity contribution is 5.91. The van der Waals surface area contributed by atoms with Crippen molar-refractivity contribution in [3.05, 3.63) is 47.7 Å². The van der Waals surface area contributed by atoms with Crippen molar-refractivity contribution in [3.63, 3.8) is 0 Å². The zero-order chi connectivity index (χ0) is 20.5. The van der Waals surface area contributed by atoms with Crippen LogP contribution < -0.4 is 14.8 Å². The molecule has 3 aromatic heterocycles. The lowest BCUT2D eigenvalue weighted by molar-refractivity contribution is -0.123. The third kappa shape index (κ3) is 3.46. The Hall–Kier alpha value is -3.62. The molecular formula is C20H21N5O4. The number of aromatic nitrogens is 4. The molecule has 1 N–H and O–H groups in total. The third-order valence-corrected chi connectivity index (χ3v) is 4.71. The highest BCUT2D eigenvalue weighted by atomic mass is 16.5. The molecule has 150 valence electrons. The maximum atomic E-state index is 12.3. The number of carbonyl (C=O) groups is 1. The molecule has 0 radical (unpaired) electrons. The monoisotopic (exact) mass is 395 g/mol. The molecule has 0 fully saturated rings. The number of hydrogen-bond acceptors (Lipinski definition) is 7. The van der Waals surface area contributed by atoms with Crippen LogP contribution in [0.2, 0.25) is 0 Å². The number of carbonyl (C=O) groups excluding carboxylic acids is 1. The number of furan rings is 1. The molecule has 0 saturated heterocycles. The minimum Gasteiger partial charge on any atom is -0.493 e. The predicted octanol–water partition coefficient (Wildman–Crippen LogP) is 2.75. The fraction of sp³-hybridized carbons (Fsp3) is 0.300. The van der Waals surface area contributed by atoms with Gasteiger partial charge in [-0.1, -0.05) is 12.1 Å². The Labute approximate surface area is 166 Å². The van der Waals surface area contributed by atoms with Gasteiger partial charge in [-0.05, 0) is 32.9 Å². The second-order valence-corrected chi connectivity index (χ2v) is 6.67. The number of amides is 1. The largest absolute Gasteiger partial charge is 0.493 e. The molecule has 3 heterocycles. The summed E-state index contributed by atoms with van der Waals surface area (Å²) in [6.45, 7) is 5.50. The normalized spacial score (nSPS) is 12.3. The van der Waals surface area contributed by atoms with E-state index < -0.39 is 6.04 Å². The van der Waals surface area contributed by atoms with E-state index in [-0.39, 0.29) is 12.5 Å². The second-order valence-electron chi connectivity index (χ2n) is 6.67. The molecule has 1 amide bonds. The van der Waals surface area contributed by atoms with E-state index in [1.165, 1.54) is 0 Å². The van der Waals surface area contributed by atoms with Crippen molar-refractivity contribution in [1.82, 2.24) is 24.9 Å². The molecule has 0 saturated carbocycles. The SMILES string of the molecule is COc1ccccc1OCC(=O)NC(C)c1nc2c3c(C)c(C)oc3ncn2n1. The first-order valence-electron chi connectivity index (χ1n) is 9.14. The molecule has 4 aromatic rings. The van der Waals surface area contributed by atoms with Gasteiger partial charge in [0, 0.05) is 5.56 Å². The predicted molar refractivity (Wildman–Crippen MR) is 105 cm³/mol. The number of ether oxygens (including phenoxy) is 2. The van der Waals surface area contributed by atoms with Crippen LogP contribution in [-0.2, 0) is 4.79 Å². The average molecular weight is 395 g/mol. The zero-order valence-corrected chi connectivity index (χ0v) is 16.6. The molecule has 0 aliphatic rings. The zero-order valence-electron chi connectivity index (χ0n) is 16.6.